The molecule has 72 valence electrons. The van der Waals surface area contributed by atoms with Crippen molar-refractivity contribution in [3.05, 3.63) is 22.2 Å². The van der Waals surface area contributed by atoms with Crippen LogP contribution in [-0.2, 0) is 6.18 Å². The molecular weight excluding hydrogens is 251 g/mol. The first-order valence-electron chi connectivity index (χ1n) is 3.18. The van der Waals surface area contributed by atoms with E-state index in [2.05, 4.69) is 15.9 Å². The first-order valence-corrected chi connectivity index (χ1v) is 3.97. The largest absolute Gasteiger partial charge is 0.506 e. The lowest BCUT2D eigenvalue weighted by atomic mass is 10.2. The van der Waals surface area contributed by atoms with Crippen LogP contribution in [0.4, 0.5) is 18.9 Å². The van der Waals surface area contributed by atoms with Gasteiger partial charge in [-0.1, -0.05) is 0 Å². The number of nitrogens with two attached hydrogens (primary N) is 1. The normalized spacial score (nSPS) is 11.7. The Balaban J connectivity index is 3.35. The summed E-state index contributed by atoms with van der Waals surface area (Å²) in [4.78, 5) is 0. The lowest BCUT2D eigenvalue weighted by Gasteiger charge is -2.10. The second kappa shape index (κ2) is 3.10. The molecule has 0 amide bonds. The molecule has 0 saturated heterocycles. The molecule has 13 heavy (non-hydrogen) atoms. The highest BCUT2D eigenvalue weighted by Crippen LogP contribution is 2.41. The minimum absolute atomic E-state index is 0.0606. The van der Waals surface area contributed by atoms with Crippen LogP contribution in [0.5, 0.6) is 5.75 Å². The van der Waals surface area contributed by atoms with Gasteiger partial charge in [0.25, 0.3) is 0 Å². The number of phenolic OH excluding ortho intramolecular Hbond substituents is 1. The Bertz CT molecular complexity index is 337. The van der Waals surface area contributed by atoms with Crippen LogP contribution < -0.4 is 5.73 Å². The second-order valence-corrected chi connectivity index (χ2v) is 3.16. The fraction of sp³-hybridized carbons (Fsp3) is 0.143. The average molecular weight is 256 g/mol. The summed E-state index contributed by atoms with van der Waals surface area (Å²) < 4.78 is 36.3. The Hall–Kier alpha value is -0.910. The molecule has 1 aromatic rings. The van der Waals surface area contributed by atoms with E-state index in [1.807, 2.05) is 0 Å². The lowest BCUT2D eigenvalue weighted by molar-refractivity contribution is -0.138. The van der Waals surface area contributed by atoms with Gasteiger partial charge in [-0.15, -0.1) is 0 Å². The fourth-order valence-electron chi connectivity index (χ4n) is 0.809. The van der Waals surface area contributed by atoms with E-state index in [1.165, 1.54) is 0 Å². The summed E-state index contributed by atoms with van der Waals surface area (Å²) in [5.41, 5.74) is 4.22. The minimum Gasteiger partial charge on any atom is -0.506 e. The number of hydrogen-bond donors (Lipinski definition) is 2. The maximum atomic E-state index is 12.1. The van der Waals surface area contributed by atoms with Crippen molar-refractivity contribution in [3.63, 3.8) is 0 Å². The van der Waals surface area contributed by atoms with E-state index in [9.17, 15) is 13.2 Å². The Morgan fingerprint density at radius 1 is 1.31 bits per heavy atom. The van der Waals surface area contributed by atoms with Gasteiger partial charge in [0.2, 0.25) is 0 Å². The number of benzene rings is 1. The van der Waals surface area contributed by atoms with Gasteiger partial charge in [-0.3, -0.25) is 0 Å². The Morgan fingerprint density at radius 2 is 1.85 bits per heavy atom. The molecule has 0 unspecified atom stereocenters. The Morgan fingerprint density at radius 3 is 2.31 bits per heavy atom. The monoisotopic (exact) mass is 255 g/mol. The van der Waals surface area contributed by atoms with Gasteiger partial charge in [0.05, 0.1) is 10.0 Å². The van der Waals surface area contributed by atoms with E-state index in [-0.39, 0.29) is 10.2 Å². The van der Waals surface area contributed by atoms with Crippen LogP contribution in [0.3, 0.4) is 0 Å². The van der Waals surface area contributed by atoms with E-state index in [1.54, 1.807) is 0 Å². The van der Waals surface area contributed by atoms with Gasteiger partial charge in [-0.25, -0.2) is 0 Å². The molecule has 0 aliphatic carbocycles. The average Bonchev–Trinajstić information content (AvgIpc) is 1.98. The summed E-state index contributed by atoms with van der Waals surface area (Å²) in [6, 6.07) is 1.81. The van der Waals surface area contributed by atoms with Crippen LogP contribution in [-0.4, -0.2) is 5.11 Å². The zero-order chi connectivity index (χ0) is 10.2. The van der Waals surface area contributed by atoms with Crippen LogP contribution in [0.15, 0.2) is 16.6 Å². The maximum absolute atomic E-state index is 12.1. The van der Waals surface area contributed by atoms with Crippen molar-refractivity contribution in [3.8, 4) is 5.75 Å². The van der Waals surface area contributed by atoms with E-state index in [4.69, 9.17) is 10.8 Å². The second-order valence-electron chi connectivity index (χ2n) is 2.36. The van der Waals surface area contributed by atoms with Gasteiger partial charge < -0.3 is 10.8 Å². The van der Waals surface area contributed by atoms with E-state index < -0.39 is 17.5 Å². The molecule has 6 heteroatoms. The molecule has 0 radical (unpaired) electrons. The summed E-state index contributed by atoms with van der Waals surface area (Å²) in [6.07, 6.45) is -4.57. The van der Waals surface area contributed by atoms with Crippen LogP contribution in [0.1, 0.15) is 5.56 Å². The SMILES string of the molecule is Nc1ccc(C(F)(F)F)c(O)c1Br. The third-order valence-electron chi connectivity index (χ3n) is 1.45. The Labute approximate surface area is 80.3 Å². The summed E-state index contributed by atoms with van der Waals surface area (Å²) >= 11 is 2.75. The molecule has 1 rings (SSSR count). The number of phenols is 1. The smallest absolute Gasteiger partial charge is 0.419 e. The number of nitrogen functional groups attached to an aromatic ring is 1. The van der Waals surface area contributed by atoms with Gasteiger partial charge in [-0.2, -0.15) is 13.2 Å². The summed E-state index contributed by atoms with van der Waals surface area (Å²) in [5.74, 6) is -0.882. The van der Waals surface area contributed by atoms with Crippen molar-refractivity contribution in [2.45, 2.75) is 6.18 Å². The molecule has 0 fully saturated rings. The summed E-state index contributed by atoms with van der Waals surface area (Å²) in [7, 11) is 0. The van der Waals surface area contributed by atoms with Gasteiger partial charge in [0, 0.05) is 5.69 Å². The summed E-state index contributed by atoms with van der Waals surface area (Å²) in [5, 5.41) is 9.07. The zero-order valence-electron chi connectivity index (χ0n) is 6.19. The van der Waals surface area contributed by atoms with E-state index >= 15 is 0 Å². The zero-order valence-corrected chi connectivity index (χ0v) is 7.78. The number of rotatable bonds is 0. The number of aromatic hydroxyl groups is 1. The molecule has 0 spiro atoms. The maximum Gasteiger partial charge on any atom is 0.419 e. The Kier molecular flexibility index (Phi) is 2.42. The molecule has 1 aromatic carbocycles. The predicted octanol–water partition coefficient (Wildman–Crippen LogP) is 2.76. The number of halogens is 4. The molecule has 0 bridgehead atoms. The van der Waals surface area contributed by atoms with Crippen LogP contribution in [0, 0.1) is 0 Å². The predicted molar refractivity (Wildman–Crippen MR) is 45.2 cm³/mol. The van der Waals surface area contributed by atoms with Crippen LogP contribution in [0.25, 0.3) is 0 Å². The van der Waals surface area contributed by atoms with Crippen molar-refractivity contribution < 1.29 is 18.3 Å². The highest BCUT2D eigenvalue weighted by atomic mass is 79.9. The first kappa shape index (κ1) is 10.2. The molecule has 0 saturated carbocycles. The van der Waals surface area contributed by atoms with Gasteiger partial charge in [0.15, 0.2) is 0 Å². The minimum atomic E-state index is -4.57. The van der Waals surface area contributed by atoms with Crippen LogP contribution in [0.2, 0.25) is 0 Å². The molecular formula is C7H5BrF3NO. The molecule has 0 aliphatic heterocycles. The third-order valence-corrected chi connectivity index (χ3v) is 2.28. The number of anilines is 1. The van der Waals surface area contributed by atoms with Gasteiger partial charge >= 0.3 is 6.18 Å². The van der Waals surface area contributed by atoms with Crippen molar-refractivity contribution >= 4 is 21.6 Å². The number of hydrogen-bond acceptors (Lipinski definition) is 2. The third kappa shape index (κ3) is 1.88. The van der Waals surface area contributed by atoms with E-state index in [0.717, 1.165) is 12.1 Å². The molecule has 0 aromatic heterocycles. The fourth-order valence-corrected chi connectivity index (χ4v) is 1.15. The lowest BCUT2D eigenvalue weighted by Crippen LogP contribution is -2.06. The topological polar surface area (TPSA) is 46.2 Å². The molecule has 3 N–H and O–H groups in total. The number of alkyl halides is 3. The molecule has 0 aliphatic rings. The molecule has 0 heterocycles. The standard InChI is InChI=1S/C7H5BrF3NO/c8-5-4(12)2-1-3(6(5)13)7(9,10)11/h1-2,13H,12H2. The highest BCUT2D eigenvalue weighted by molar-refractivity contribution is 9.10. The summed E-state index contributed by atoms with van der Waals surface area (Å²) in [6.45, 7) is 0. The molecule has 2 nitrogen and oxygen atoms in total. The quantitative estimate of drug-likeness (QED) is 0.701. The van der Waals surface area contributed by atoms with Crippen LogP contribution >= 0.6 is 15.9 Å². The van der Waals surface area contributed by atoms with Crippen molar-refractivity contribution in [2.75, 3.05) is 5.73 Å². The molecule has 0 atom stereocenters. The van der Waals surface area contributed by atoms with E-state index in [0.29, 0.717) is 0 Å². The van der Waals surface area contributed by atoms with Gasteiger partial charge in [-0.05, 0) is 28.1 Å². The van der Waals surface area contributed by atoms with Crippen molar-refractivity contribution in [1.29, 1.82) is 0 Å². The van der Waals surface area contributed by atoms with Crippen molar-refractivity contribution in [1.82, 2.24) is 0 Å². The highest BCUT2D eigenvalue weighted by Gasteiger charge is 2.34. The first-order chi connectivity index (χ1) is 5.84. The van der Waals surface area contributed by atoms with Crippen molar-refractivity contribution in [2.24, 2.45) is 0 Å². The van der Waals surface area contributed by atoms with Gasteiger partial charge in [0.1, 0.15) is 5.75 Å².